The first-order valence-electron chi connectivity index (χ1n) is 3.99. The molecule has 0 amide bonds. The van der Waals surface area contributed by atoms with E-state index in [0.29, 0.717) is 11.1 Å². The zero-order valence-corrected chi connectivity index (χ0v) is 7.65. The summed E-state index contributed by atoms with van der Waals surface area (Å²) in [6.07, 6.45) is 2.80. The van der Waals surface area contributed by atoms with Crippen molar-refractivity contribution in [3.8, 4) is 0 Å². The summed E-state index contributed by atoms with van der Waals surface area (Å²) in [7, 11) is 0. The Morgan fingerprint density at radius 1 is 1.36 bits per heavy atom. The van der Waals surface area contributed by atoms with Crippen molar-refractivity contribution in [1.29, 1.82) is 0 Å². The molecule has 0 aromatic carbocycles. The normalized spacial score (nSPS) is 21.2. The summed E-state index contributed by atoms with van der Waals surface area (Å²) in [5, 5.41) is 17.6. The molecule has 0 heterocycles. The molecule has 0 saturated carbocycles. The van der Waals surface area contributed by atoms with Gasteiger partial charge in [-0.1, -0.05) is 12.7 Å². The van der Waals surface area contributed by atoms with Gasteiger partial charge in [-0.2, -0.15) is 0 Å². The van der Waals surface area contributed by atoms with Crippen molar-refractivity contribution in [2.75, 3.05) is 0 Å². The molecule has 1 unspecified atom stereocenters. The maximum atomic E-state index is 10.8. The van der Waals surface area contributed by atoms with Crippen LogP contribution in [0.15, 0.2) is 35.5 Å². The smallest absolute Gasteiger partial charge is 0.335 e. The lowest BCUT2D eigenvalue weighted by atomic mass is 9.85. The molecule has 2 N–H and O–H groups in total. The monoisotopic (exact) mass is 194 g/mol. The standard InChI is InChI=1S/C10H10O4/c1-5-3-4-7(9(11)12)6(2)8(5)10(13)14/h3-4,8H,1H2,2H3,(H,11,12)(H,13,14). The number of aliphatic carboxylic acids is 2. The third-order valence-electron chi connectivity index (χ3n) is 2.17. The van der Waals surface area contributed by atoms with Crippen LogP contribution in [0.3, 0.4) is 0 Å². The van der Waals surface area contributed by atoms with Crippen LogP contribution in [-0.4, -0.2) is 22.2 Å². The van der Waals surface area contributed by atoms with Crippen LogP contribution in [0.2, 0.25) is 0 Å². The molecule has 0 aromatic heterocycles. The average molecular weight is 194 g/mol. The highest BCUT2D eigenvalue weighted by Gasteiger charge is 2.28. The summed E-state index contributed by atoms with van der Waals surface area (Å²) in [6.45, 7) is 5.06. The molecular formula is C10H10O4. The Morgan fingerprint density at radius 2 is 1.93 bits per heavy atom. The quantitative estimate of drug-likeness (QED) is 0.692. The number of rotatable bonds is 2. The zero-order chi connectivity index (χ0) is 10.9. The number of carboxylic acid groups (broad SMARTS) is 2. The SMILES string of the molecule is C=C1C=CC(C(=O)O)=C(C)C1C(=O)O. The van der Waals surface area contributed by atoms with E-state index in [2.05, 4.69) is 6.58 Å². The molecule has 0 spiro atoms. The van der Waals surface area contributed by atoms with Gasteiger partial charge in [0, 0.05) is 0 Å². The van der Waals surface area contributed by atoms with Crippen LogP contribution in [0, 0.1) is 5.92 Å². The summed E-state index contributed by atoms with van der Waals surface area (Å²) in [5.74, 6) is -3.10. The number of carbonyl (C=O) groups is 2. The second-order valence-corrected chi connectivity index (χ2v) is 3.08. The topological polar surface area (TPSA) is 74.6 Å². The van der Waals surface area contributed by atoms with Gasteiger partial charge in [0.2, 0.25) is 0 Å². The molecular weight excluding hydrogens is 184 g/mol. The first-order valence-corrected chi connectivity index (χ1v) is 3.99. The lowest BCUT2D eigenvalue weighted by Gasteiger charge is -2.19. The van der Waals surface area contributed by atoms with E-state index in [4.69, 9.17) is 10.2 Å². The van der Waals surface area contributed by atoms with E-state index in [1.807, 2.05) is 0 Å². The number of allylic oxidation sites excluding steroid dienone is 1. The molecule has 1 aliphatic carbocycles. The predicted molar refractivity (Wildman–Crippen MR) is 49.7 cm³/mol. The van der Waals surface area contributed by atoms with Gasteiger partial charge in [0.05, 0.1) is 5.57 Å². The van der Waals surface area contributed by atoms with Gasteiger partial charge in [0.1, 0.15) is 5.92 Å². The van der Waals surface area contributed by atoms with Crippen LogP contribution in [0.5, 0.6) is 0 Å². The van der Waals surface area contributed by atoms with Crippen molar-refractivity contribution in [2.24, 2.45) is 5.92 Å². The van der Waals surface area contributed by atoms with Gasteiger partial charge in [0.25, 0.3) is 0 Å². The van der Waals surface area contributed by atoms with Gasteiger partial charge >= 0.3 is 11.9 Å². The molecule has 0 radical (unpaired) electrons. The Kier molecular flexibility index (Phi) is 2.56. The Balaban J connectivity index is 3.21. The second kappa shape index (κ2) is 3.49. The maximum absolute atomic E-state index is 10.8. The first-order chi connectivity index (χ1) is 6.45. The molecule has 1 aliphatic rings. The highest BCUT2D eigenvalue weighted by molar-refractivity contribution is 5.94. The molecule has 4 heteroatoms. The summed E-state index contributed by atoms with van der Waals surface area (Å²) in [6, 6.07) is 0. The summed E-state index contributed by atoms with van der Waals surface area (Å²) in [4.78, 5) is 21.5. The molecule has 0 aromatic rings. The van der Waals surface area contributed by atoms with Crippen molar-refractivity contribution >= 4 is 11.9 Å². The van der Waals surface area contributed by atoms with Crippen LogP contribution >= 0.6 is 0 Å². The molecule has 1 atom stereocenters. The van der Waals surface area contributed by atoms with E-state index in [-0.39, 0.29) is 5.57 Å². The molecule has 0 saturated heterocycles. The summed E-state index contributed by atoms with van der Waals surface area (Å²) in [5.41, 5.74) is 0.752. The van der Waals surface area contributed by atoms with Gasteiger partial charge < -0.3 is 10.2 Å². The Hall–Kier alpha value is -1.84. The van der Waals surface area contributed by atoms with Gasteiger partial charge in [-0.3, -0.25) is 4.79 Å². The molecule has 1 rings (SSSR count). The molecule has 0 bridgehead atoms. The van der Waals surface area contributed by atoms with Gasteiger partial charge in [0.15, 0.2) is 0 Å². The molecule has 14 heavy (non-hydrogen) atoms. The molecule has 0 aliphatic heterocycles. The maximum Gasteiger partial charge on any atom is 0.335 e. The first kappa shape index (κ1) is 10.2. The van der Waals surface area contributed by atoms with E-state index in [9.17, 15) is 9.59 Å². The van der Waals surface area contributed by atoms with Crippen molar-refractivity contribution in [1.82, 2.24) is 0 Å². The molecule has 74 valence electrons. The molecule has 4 nitrogen and oxygen atoms in total. The Morgan fingerprint density at radius 3 is 2.36 bits per heavy atom. The highest BCUT2D eigenvalue weighted by Crippen LogP contribution is 2.28. The summed E-state index contributed by atoms with van der Waals surface area (Å²) >= 11 is 0. The third kappa shape index (κ3) is 1.59. The lowest BCUT2D eigenvalue weighted by molar-refractivity contribution is -0.139. The fourth-order valence-corrected chi connectivity index (χ4v) is 1.44. The van der Waals surface area contributed by atoms with E-state index >= 15 is 0 Å². The largest absolute Gasteiger partial charge is 0.481 e. The minimum Gasteiger partial charge on any atom is -0.481 e. The highest BCUT2D eigenvalue weighted by atomic mass is 16.4. The van der Waals surface area contributed by atoms with Crippen LogP contribution in [0.4, 0.5) is 0 Å². The van der Waals surface area contributed by atoms with Gasteiger partial charge in [-0.05, 0) is 24.1 Å². The van der Waals surface area contributed by atoms with E-state index < -0.39 is 17.9 Å². The average Bonchev–Trinajstić information content (AvgIpc) is 2.02. The number of carboxylic acids is 2. The summed E-state index contributed by atoms with van der Waals surface area (Å²) < 4.78 is 0. The fraction of sp³-hybridized carbons (Fsp3) is 0.200. The van der Waals surface area contributed by atoms with E-state index in [1.54, 1.807) is 0 Å². The number of hydrogen-bond acceptors (Lipinski definition) is 2. The van der Waals surface area contributed by atoms with Crippen molar-refractivity contribution in [3.63, 3.8) is 0 Å². The fourth-order valence-electron chi connectivity index (χ4n) is 1.44. The number of hydrogen-bond donors (Lipinski definition) is 2. The second-order valence-electron chi connectivity index (χ2n) is 3.08. The van der Waals surface area contributed by atoms with E-state index in [0.717, 1.165) is 0 Å². The van der Waals surface area contributed by atoms with Gasteiger partial charge in [-0.15, -0.1) is 0 Å². The van der Waals surface area contributed by atoms with Gasteiger partial charge in [-0.25, -0.2) is 4.79 Å². The lowest BCUT2D eigenvalue weighted by Crippen LogP contribution is -2.21. The van der Waals surface area contributed by atoms with Crippen LogP contribution in [0.25, 0.3) is 0 Å². The minimum absolute atomic E-state index is 0.0322. The predicted octanol–water partition coefficient (Wildman–Crippen LogP) is 1.21. The Bertz CT molecular complexity index is 374. The van der Waals surface area contributed by atoms with Crippen molar-refractivity contribution in [3.05, 3.63) is 35.5 Å². The van der Waals surface area contributed by atoms with E-state index in [1.165, 1.54) is 19.1 Å². The van der Waals surface area contributed by atoms with Crippen molar-refractivity contribution in [2.45, 2.75) is 6.92 Å². The molecule has 0 fully saturated rings. The Labute approximate surface area is 80.9 Å². The van der Waals surface area contributed by atoms with Crippen LogP contribution in [-0.2, 0) is 9.59 Å². The minimum atomic E-state index is -1.11. The van der Waals surface area contributed by atoms with Crippen LogP contribution < -0.4 is 0 Å². The zero-order valence-electron chi connectivity index (χ0n) is 7.65. The van der Waals surface area contributed by atoms with Crippen LogP contribution in [0.1, 0.15) is 6.92 Å². The van der Waals surface area contributed by atoms with Crippen molar-refractivity contribution < 1.29 is 19.8 Å². The third-order valence-corrected chi connectivity index (χ3v) is 2.17.